The molecule has 2 heterocycles. The maximum Gasteiger partial charge on any atom is 0.260 e. The van der Waals surface area contributed by atoms with Gasteiger partial charge in [-0.1, -0.05) is 42.5 Å². The molecule has 7 heteroatoms. The first-order valence-electron chi connectivity index (χ1n) is 10.2. The molecule has 1 aliphatic rings. The quantitative estimate of drug-likeness (QED) is 0.630. The van der Waals surface area contributed by atoms with Crippen molar-refractivity contribution >= 4 is 23.2 Å². The summed E-state index contributed by atoms with van der Waals surface area (Å²) in [7, 11) is 3.49. The first-order valence-corrected chi connectivity index (χ1v) is 10.2. The second-order valence-electron chi connectivity index (χ2n) is 7.65. The van der Waals surface area contributed by atoms with Crippen molar-refractivity contribution in [3.05, 3.63) is 102 Å². The first kappa shape index (κ1) is 21.3. The minimum absolute atomic E-state index is 0.00789. The summed E-state index contributed by atoms with van der Waals surface area (Å²) in [5.74, 6) is -0.720. The van der Waals surface area contributed by atoms with Crippen molar-refractivity contribution < 1.29 is 14.4 Å². The molecule has 7 nitrogen and oxygen atoms in total. The summed E-state index contributed by atoms with van der Waals surface area (Å²) < 4.78 is 0. The lowest BCUT2D eigenvalue weighted by Gasteiger charge is -2.21. The van der Waals surface area contributed by atoms with E-state index in [1.54, 1.807) is 49.6 Å². The van der Waals surface area contributed by atoms with Gasteiger partial charge in [-0.15, -0.1) is 0 Å². The van der Waals surface area contributed by atoms with Gasteiger partial charge in [0.25, 0.3) is 5.91 Å². The zero-order valence-corrected chi connectivity index (χ0v) is 17.9. The van der Waals surface area contributed by atoms with Crippen LogP contribution in [0.15, 0.2) is 85.2 Å². The van der Waals surface area contributed by atoms with Crippen molar-refractivity contribution in [1.82, 2.24) is 15.4 Å². The number of amides is 2. The van der Waals surface area contributed by atoms with Crippen molar-refractivity contribution in [2.45, 2.75) is 12.0 Å². The largest absolute Gasteiger partial charge is 0.348 e. The highest BCUT2D eigenvalue weighted by Gasteiger charge is 2.26. The Labute approximate surface area is 186 Å². The van der Waals surface area contributed by atoms with Crippen LogP contribution in [0.1, 0.15) is 22.6 Å². The average Bonchev–Trinajstić information content (AvgIpc) is 3.32. The molecule has 2 N–H and O–H groups in total. The Bertz CT molecular complexity index is 1110. The number of nitrogens with zero attached hydrogens (tertiary/aromatic N) is 2. The first-order chi connectivity index (χ1) is 15.5. The van der Waals surface area contributed by atoms with Crippen molar-refractivity contribution in [2.24, 2.45) is 0 Å². The number of likely N-dealkylation sites (N-methyl/N-ethyl adjacent to an activating group) is 1. The van der Waals surface area contributed by atoms with Crippen LogP contribution in [0.5, 0.6) is 0 Å². The third kappa shape index (κ3) is 4.68. The summed E-state index contributed by atoms with van der Waals surface area (Å²) in [6.45, 7) is 0. The van der Waals surface area contributed by atoms with Crippen molar-refractivity contribution in [3.63, 3.8) is 0 Å². The fraction of sp³-hybridized carbons (Fsp3) is 0.160. The van der Waals surface area contributed by atoms with E-state index in [-0.39, 0.29) is 11.8 Å². The van der Waals surface area contributed by atoms with Crippen molar-refractivity contribution in [1.29, 1.82) is 0 Å². The van der Waals surface area contributed by atoms with Gasteiger partial charge < -0.3 is 10.2 Å². The molecule has 2 atom stereocenters. The summed E-state index contributed by atoms with van der Waals surface area (Å²) in [6.07, 6.45) is 4.32. The van der Waals surface area contributed by atoms with Gasteiger partial charge in [-0.25, -0.2) is 0 Å². The highest BCUT2D eigenvalue weighted by Crippen LogP contribution is 2.28. The number of benzene rings is 2. The van der Waals surface area contributed by atoms with Crippen LogP contribution in [0.2, 0.25) is 0 Å². The van der Waals surface area contributed by atoms with Crippen LogP contribution in [-0.4, -0.2) is 41.9 Å². The Balaban J connectivity index is 1.48. The van der Waals surface area contributed by atoms with E-state index in [0.29, 0.717) is 11.4 Å². The monoisotopic (exact) mass is 428 g/mol. The molecule has 0 aliphatic carbocycles. The molecular weight excluding hydrogens is 404 g/mol. The molecule has 32 heavy (non-hydrogen) atoms. The number of nitrogens with one attached hydrogen (secondary N) is 2. The second-order valence-corrected chi connectivity index (χ2v) is 7.65. The third-order valence-corrected chi connectivity index (χ3v) is 5.18. The molecule has 0 saturated carbocycles. The highest BCUT2D eigenvalue weighted by molar-refractivity contribution is 5.97. The van der Waals surface area contributed by atoms with Gasteiger partial charge in [0.15, 0.2) is 6.10 Å². The fourth-order valence-corrected chi connectivity index (χ4v) is 3.51. The summed E-state index contributed by atoms with van der Waals surface area (Å²) in [6, 6.07) is 20.7. The maximum absolute atomic E-state index is 12.9. The van der Waals surface area contributed by atoms with E-state index in [0.717, 1.165) is 16.7 Å². The minimum atomic E-state index is -0.766. The van der Waals surface area contributed by atoms with Crippen LogP contribution in [0.3, 0.4) is 0 Å². The van der Waals surface area contributed by atoms with Crippen molar-refractivity contribution in [2.75, 3.05) is 19.4 Å². The molecule has 1 aromatic heterocycles. The number of hydrogen-bond donors (Lipinski definition) is 2. The predicted molar refractivity (Wildman–Crippen MR) is 122 cm³/mol. The minimum Gasteiger partial charge on any atom is -0.348 e. The molecule has 0 saturated heterocycles. The van der Waals surface area contributed by atoms with Crippen LogP contribution in [0.4, 0.5) is 5.69 Å². The number of hydrogen-bond acceptors (Lipinski definition) is 5. The topological polar surface area (TPSA) is 83.6 Å². The lowest BCUT2D eigenvalue weighted by molar-refractivity contribution is -0.129. The molecule has 0 radical (unpaired) electrons. The van der Waals surface area contributed by atoms with Crippen LogP contribution >= 0.6 is 0 Å². The van der Waals surface area contributed by atoms with Gasteiger partial charge in [0.1, 0.15) is 0 Å². The Hall–Kier alpha value is -3.97. The maximum atomic E-state index is 12.9. The molecule has 0 bridgehead atoms. The number of anilines is 1. The molecule has 162 valence electrons. The van der Waals surface area contributed by atoms with Crippen LogP contribution in [-0.2, 0) is 14.4 Å². The van der Waals surface area contributed by atoms with Crippen LogP contribution < -0.4 is 10.8 Å². The Kier molecular flexibility index (Phi) is 6.28. The summed E-state index contributed by atoms with van der Waals surface area (Å²) in [4.78, 5) is 36.5. The fourth-order valence-electron chi connectivity index (χ4n) is 3.51. The van der Waals surface area contributed by atoms with E-state index in [1.165, 1.54) is 0 Å². The molecule has 3 aromatic rings. The number of aromatic nitrogens is 1. The molecule has 2 unspecified atom stereocenters. The highest BCUT2D eigenvalue weighted by atomic mass is 16.7. The van der Waals surface area contributed by atoms with E-state index >= 15 is 0 Å². The van der Waals surface area contributed by atoms with E-state index in [4.69, 9.17) is 4.84 Å². The zero-order valence-electron chi connectivity index (χ0n) is 17.9. The lowest BCUT2D eigenvalue weighted by atomic mass is 9.90. The summed E-state index contributed by atoms with van der Waals surface area (Å²) in [5.41, 5.74) is 6.70. The SMILES string of the molecule is CN(C)C(=O)C(c1ccccc1)c1ccc(NC(=O)C2C=C(c3cccnc3)NO2)cc1. The normalized spacial score (nSPS) is 15.9. The molecular formula is C25H24N4O3. The third-order valence-electron chi connectivity index (χ3n) is 5.18. The number of rotatable bonds is 6. The van der Waals surface area contributed by atoms with E-state index < -0.39 is 12.0 Å². The van der Waals surface area contributed by atoms with E-state index in [1.807, 2.05) is 54.6 Å². The Morgan fingerprint density at radius 3 is 2.38 bits per heavy atom. The number of hydroxylamine groups is 1. The smallest absolute Gasteiger partial charge is 0.260 e. The number of carbonyl (C=O) groups is 2. The molecule has 2 aromatic carbocycles. The van der Waals surface area contributed by atoms with Gasteiger partial charge in [0, 0.05) is 37.7 Å². The molecule has 0 spiro atoms. The number of pyridine rings is 1. The van der Waals surface area contributed by atoms with Gasteiger partial charge in [0.2, 0.25) is 5.91 Å². The van der Waals surface area contributed by atoms with Crippen LogP contribution in [0.25, 0.3) is 5.70 Å². The predicted octanol–water partition coefficient (Wildman–Crippen LogP) is 3.18. The molecule has 2 amide bonds. The van der Waals surface area contributed by atoms with Crippen LogP contribution in [0, 0.1) is 0 Å². The number of carbonyl (C=O) groups excluding carboxylic acids is 2. The van der Waals surface area contributed by atoms with Gasteiger partial charge in [-0.2, -0.15) is 0 Å². The lowest BCUT2D eigenvalue weighted by Crippen LogP contribution is -2.29. The van der Waals surface area contributed by atoms with E-state index in [2.05, 4.69) is 15.8 Å². The zero-order chi connectivity index (χ0) is 22.5. The standard InChI is InChI=1S/C25H24N4O3/c1-29(2)25(31)23(17-7-4-3-5-8-17)18-10-12-20(13-11-18)27-24(30)22-15-21(28-32-22)19-9-6-14-26-16-19/h3-16,22-23,28H,1-2H3,(H,27,30). The molecule has 0 fully saturated rings. The Morgan fingerprint density at radius 2 is 1.72 bits per heavy atom. The van der Waals surface area contributed by atoms with Gasteiger partial charge in [-0.05, 0) is 41.5 Å². The average molecular weight is 428 g/mol. The summed E-state index contributed by atoms with van der Waals surface area (Å²) >= 11 is 0. The molecule has 1 aliphatic heterocycles. The second kappa shape index (κ2) is 9.45. The van der Waals surface area contributed by atoms with Gasteiger partial charge in [-0.3, -0.25) is 24.9 Å². The van der Waals surface area contributed by atoms with E-state index in [9.17, 15) is 9.59 Å². The van der Waals surface area contributed by atoms with Gasteiger partial charge in [0.05, 0.1) is 11.6 Å². The van der Waals surface area contributed by atoms with Crippen molar-refractivity contribution in [3.8, 4) is 0 Å². The Morgan fingerprint density at radius 1 is 1.00 bits per heavy atom. The molecule has 4 rings (SSSR count). The van der Waals surface area contributed by atoms with Gasteiger partial charge >= 0.3 is 0 Å². The summed E-state index contributed by atoms with van der Waals surface area (Å²) in [5, 5.41) is 2.85.